The lowest BCUT2D eigenvalue weighted by molar-refractivity contribution is -0.124. The van der Waals surface area contributed by atoms with Crippen LogP contribution in [-0.2, 0) is 16.1 Å². The van der Waals surface area contributed by atoms with Crippen LogP contribution >= 0.6 is 0 Å². The maximum absolute atomic E-state index is 13.1. The first-order chi connectivity index (χ1) is 13.7. The topological polar surface area (TPSA) is 81.8 Å². The van der Waals surface area contributed by atoms with Crippen LogP contribution in [-0.4, -0.2) is 54.8 Å². The molecule has 0 spiro atoms. The normalized spacial score (nSPS) is 10.2. The Balaban J connectivity index is 1.91. The SMILES string of the molecule is Cc1cccc(NC(=O)CNC(=O)CN(Cc2ccc(F)cc2)C(=O)N(C)C)c1. The molecule has 0 aliphatic rings. The van der Waals surface area contributed by atoms with E-state index in [9.17, 15) is 18.8 Å². The summed E-state index contributed by atoms with van der Waals surface area (Å²) in [6, 6.07) is 12.6. The minimum atomic E-state index is -0.471. The van der Waals surface area contributed by atoms with Crippen molar-refractivity contribution >= 4 is 23.5 Å². The number of carbonyl (C=O) groups is 3. The molecule has 154 valence electrons. The second-order valence-corrected chi connectivity index (χ2v) is 6.85. The van der Waals surface area contributed by atoms with E-state index in [1.165, 1.54) is 21.9 Å². The first-order valence-electron chi connectivity index (χ1n) is 9.08. The summed E-state index contributed by atoms with van der Waals surface area (Å²) in [6.45, 7) is 1.61. The lowest BCUT2D eigenvalue weighted by Gasteiger charge is -2.25. The number of carbonyl (C=O) groups excluding carboxylic acids is 3. The molecule has 0 radical (unpaired) electrons. The van der Waals surface area contributed by atoms with Gasteiger partial charge in [-0.3, -0.25) is 9.59 Å². The van der Waals surface area contributed by atoms with E-state index in [1.54, 1.807) is 32.3 Å². The predicted octanol–water partition coefficient (Wildman–Crippen LogP) is 2.37. The van der Waals surface area contributed by atoms with Crippen molar-refractivity contribution in [3.05, 3.63) is 65.5 Å². The molecule has 4 amide bonds. The number of nitrogens with one attached hydrogen (secondary N) is 2. The molecule has 2 rings (SSSR count). The molecule has 0 aliphatic carbocycles. The minimum Gasteiger partial charge on any atom is -0.345 e. The summed E-state index contributed by atoms with van der Waals surface area (Å²) in [4.78, 5) is 39.3. The molecule has 0 fully saturated rings. The summed E-state index contributed by atoms with van der Waals surface area (Å²) >= 11 is 0. The van der Waals surface area contributed by atoms with Crippen LogP contribution < -0.4 is 10.6 Å². The summed E-state index contributed by atoms with van der Waals surface area (Å²) < 4.78 is 13.1. The van der Waals surface area contributed by atoms with Gasteiger partial charge in [-0.15, -0.1) is 0 Å². The van der Waals surface area contributed by atoms with Crippen molar-refractivity contribution in [1.82, 2.24) is 15.1 Å². The van der Waals surface area contributed by atoms with Crippen LogP contribution in [0, 0.1) is 12.7 Å². The Bertz CT molecular complexity index is 868. The largest absolute Gasteiger partial charge is 0.345 e. The Hall–Kier alpha value is -3.42. The highest BCUT2D eigenvalue weighted by atomic mass is 19.1. The van der Waals surface area contributed by atoms with Gasteiger partial charge in [-0.05, 0) is 42.3 Å². The minimum absolute atomic E-state index is 0.139. The molecular weight excluding hydrogens is 375 g/mol. The summed E-state index contributed by atoms with van der Waals surface area (Å²) in [6.07, 6.45) is 0. The van der Waals surface area contributed by atoms with Gasteiger partial charge in [-0.2, -0.15) is 0 Å². The number of hydrogen-bond donors (Lipinski definition) is 2. The lowest BCUT2D eigenvalue weighted by atomic mass is 10.2. The van der Waals surface area contributed by atoms with E-state index in [-0.39, 0.29) is 37.4 Å². The van der Waals surface area contributed by atoms with Gasteiger partial charge < -0.3 is 20.4 Å². The molecule has 0 aliphatic heterocycles. The third-order valence-corrected chi connectivity index (χ3v) is 4.02. The van der Waals surface area contributed by atoms with E-state index < -0.39 is 5.91 Å². The zero-order valence-electron chi connectivity index (χ0n) is 16.7. The summed E-state index contributed by atoms with van der Waals surface area (Å²) in [5.74, 6) is -1.22. The van der Waals surface area contributed by atoms with Crippen LogP contribution in [0.15, 0.2) is 48.5 Å². The molecule has 8 heteroatoms. The highest BCUT2D eigenvalue weighted by molar-refractivity contribution is 5.95. The van der Waals surface area contributed by atoms with Crippen LogP contribution in [0.2, 0.25) is 0 Å². The summed E-state index contributed by atoms with van der Waals surface area (Å²) in [7, 11) is 3.15. The van der Waals surface area contributed by atoms with Crippen molar-refractivity contribution in [1.29, 1.82) is 0 Å². The molecule has 0 heterocycles. The highest BCUT2D eigenvalue weighted by Gasteiger charge is 2.19. The van der Waals surface area contributed by atoms with E-state index >= 15 is 0 Å². The van der Waals surface area contributed by atoms with Gasteiger partial charge in [0.2, 0.25) is 11.8 Å². The standard InChI is InChI=1S/C21H25FN4O3/c1-15-5-4-6-18(11-15)24-19(27)12-23-20(28)14-26(21(29)25(2)3)13-16-7-9-17(22)10-8-16/h4-11H,12-14H2,1-3H3,(H,23,28)(H,24,27). The fourth-order valence-corrected chi connectivity index (χ4v) is 2.62. The number of hydrogen-bond acceptors (Lipinski definition) is 3. The van der Waals surface area contributed by atoms with Crippen LogP contribution in [0.3, 0.4) is 0 Å². The van der Waals surface area contributed by atoms with E-state index in [0.717, 1.165) is 5.56 Å². The maximum Gasteiger partial charge on any atom is 0.320 e. The zero-order chi connectivity index (χ0) is 21.4. The number of amides is 4. The molecule has 0 atom stereocenters. The smallest absolute Gasteiger partial charge is 0.320 e. The average Bonchev–Trinajstić information content (AvgIpc) is 2.67. The molecule has 2 aromatic rings. The molecule has 29 heavy (non-hydrogen) atoms. The van der Waals surface area contributed by atoms with Gasteiger partial charge in [0.05, 0.1) is 6.54 Å². The van der Waals surface area contributed by atoms with Gasteiger partial charge in [0, 0.05) is 26.3 Å². The van der Waals surface area contributed by atoms with Gasteiger partial charge in [-0.25, -0.2) is 9.18 Å². The van der Waals surface area contributed by atoms with Gasteiger partial charge in [0.25, 0.3) is 0 Å². The van der Waals surface area contributed by atoms with Crippen molar-refractivity contribution in [3.8, 4) is 0 Å². The predicted molar refractivity (Wildman–Crippen MR) is 109 cm³/mol. The molecule has 0 bridgehead atoms. The second-order valence-electron chi connectivity index (χ2n) is 6.85. The van der Waals surface area contributed by atoms with E-state index in [2.05, 4.69) is 10.6 Å². The van der Waals surface area contributed by atoms with Crippen molar-refractivity contribution < 1.29 is 18.8 Å². The van der Waals surface area contributed by atoms with E-state index in [1.807, 2.05) is 25.1 Å². The van der Waals surface area contributed by atoms with E-state index in [0.29, 0.717) is 11.3 Å². The fraction of sp³-hybridized carbons (Fsp3) is 0.286. The quantitative estimate of drug-likeness (QED) is 0.749. The van der Waals surface area contributed by atoms with Gasteiger partial charge in [0.1, 0.15) is 12.4 Å². The van der Waals surface area contributed by atoms with Crippen molar-refractivity contribution in [2.75, 3.05) is 32.5 Å². The molecule has 0 aromatic heterocycles. The molecule has 0 unspecified atom stereocenters. The third-order valence-electron chi connectivity index (χ3n) is 4.02. The zero-order valence-corrected chi connectivity index (χ0v) is 16.7. The first kappa shape index (κ1) is 21.9. The number of anilines is 1. The van der Waals surface area contributed by atoms with Crippen molar-refractivity contribution in [2.45, 2.75) is 13.5 Å². The number of halogens is 1. The van der Waals surface area contributed by atoms with Crippen LogP contribution in [0.5, 0.6) is 0 Å². The number of aryl methyl sites for hydroxylation is 1. The Morgan fingerprint density at radius 3 is 2.31 bits per heavy atom. The van der Waals surface area contributed by atoms with Crippen molar-refractivity contribution in [3.63, 3.8) is 0 Å². The van der Waals surface area contributed by atoms with Crippen LogP contribution in [0.1, 0.15) is 11.1 Å². The maximum atomic E-state index is 13.1. The Kier molecular flexibility index (Phi) is 7.70. The molecule has 0 saturated carbocycles. The monoisotopic (exact) mass is 400 g/mol. The Labute approximate surface area is 169 Å². The Morgan fingerprint density at radius 1 is 1.00 bits per heavy atom. The fourth-order valence-electron chi connectivity index (χ4n) is 2.62. The number of benzene rings is 2. The van der Waals surface area contributed by atoms with Gasteiger partial charge in [0.15, 0.2) is 0 Å². The summed E-state index contributed by atoms with van der Waals surface area (Å²) in [5, 5.41) is 5.21. The van der Waals surface area contributed by atoms with Gasteiger partial charge in [-0.1, -0.05) is 24.3 Å². The number of urea groups is 1. The third kappa shape index (κ3) is 7.25. The molecular formula is C21H25FN4O3. The van der Waals surface area contributed by atoms with Gasteiger partial charge >= 0.3 is 6.03 Å². The van der Waals surface area contributed by atoms with E-state index in [4.69, 9.17) is 0 Å². The molecule has 2 aromatic carbocycles. The molecule has 7 nitrogen and oxygen atoms in total. The Morgan fingerprint density at radius 2 is 1.69 bits per heavy atom. The summed E-state index contributed by atoms with van der Waals surface area (Å²) in [5.41, 5.74) is 2.34. The molecule has 0 saturated heterocycles. The number of rotatable bonds is 7. The van der Waals surface area contributed by atoms with Crippen LogP contribution in [0.4, 0.5) is 14.9 Å². The van der Waals surface area contributed by atoms with Crippen LogP contribution in [0.25, 0.3) is 0 Å². The first-order valence-corrected chi connectivity index (χ1v) is 9.08. The van der Waals surface area contributed by atoms with Crippen molar-refractivity contribution in [2.24, 2.45) is 0 Å². The molecule has 2 N–H and O–H groups in total. The average molecular weight is 400 g/mol. The number of nitrogens with zero attached hydrogens (tertiary/aromatic N) is 2. The second kappa shape index (κ2) is 10.2. The lowest BCUT2D eigenvalue weighted by Crippen LogP contribution is -2.45. The highest BCUT2D eigenvalue weighted by Crippen LogP contribution is 2.10.